The van der Waals surface area contributed by atoms with Gasteiger partial charge in [-0.25, -0.2) is 5.43 Å². The Hall–Kier alpha value is -3.21. The third-order valence-electron chi connectivity index (χ3n) is 3.29. The number of hydrazone groups is 1. The molecule has 1 heterocycles. The molecule has 0 saturated heterocycles. The van der Waals surface area contributed by atoms with Crippen LogP contribution in [-0.4, -0.2) is 33.1 Å². The number of hydrogen-bond acceptors (Lipinski definition) is 8. The van der Waals surface area contributed by atoms with E-state index in [4.69, 9.17) is 0 Å². The van der Waals surface area contributed by atoms with Crippen LogP contribution in [0.1, 0.15) is 36.8 Å². The van der Waals surface area contributed by atoms with Gasteiger partial charge in [-0.3, -0.25) is 19.7 Å². The number of carbonyl (C=O) groups excluding carboxylic acids is 2. The highest BCUT2D eigenvalue weighted by molar-refractivity contribution is 7.15. The van der Waals surface area contributed by atoms with Gasteiger partial charge in [0.2, 0.25) is 16.9 Å². The van der Waals surface area contributed by atoms with Crippen LogP contribution in [0.2, 0.25) is 0 Å². The number of nitrogens with one attached hydrogen (secondary N) is 2. The third-order valence-corrected chi connectivity index (χ3v) is 4.13. The molecule has 1 aromatic heterocycles. The van der Waals surface area contributed by atoms with Crippen molar-refractivity contribution in [2.24, 2.45) is 5.10 Å². The van der Waals surface area contributed by atoms with Gasteiger partial charge in [0.15, 0.2) is 0 Å². The highest BCUT2D eigenvalue weighted by atomic mass is 32.1. The number of nitro groups is 1. The van der Waals surface area contributed by atoms with E-state index in [1.807, 2.05) is 6.92 Å². The second kappa shape index (κ2) is 10.1. The number of amides is 2. The molecule has 2 N–H and O–H groups in total. The van der Waals surface area contributed by atoms with Crippen molar-refractivity contribution in [1.82, 2.24) is 15.6 Å². The maximum Gasteiger partial charge on any atom is 0.269 e. The van der Waals surface area contributed by atoms with Crippen LogP contribution < -0.4 is 10.7 Å². The van der Waals surface area contributed by atoms with Crippen molar-refractivity contribution in [3.8, 4) is 0 Å². The molecule has 0 spiro atoms. The number of rotatable bonds is 9. The second-order valence-electron chi connectivity index (χ2n) is 5.47. The molecular weight excluding hydrogens is 372 g/mol. The summed E-state index contributed by atoms with van der Waals surface area (Å²) in [7, 11) is 0. The van der Waals surface area contributed by atoms with Gasteiger partial charge >= 0.3 is 0 Å². The highest BCUT2D eigenvalue weighted by Gasteiger charge is 2.11. The van der Waals surface area contributed by atoms with Crippen molar-refractivity contribution in [2.45, 2.75) is 32.6 Å². The molecule has 2 rings (SSSR count). The Morgan fingerprint density at radius 3 is 2.67 bits per heavy atom. The van der Waals surface area contributed by atoms with E-state index in [1.165, 1.54) is 30.5 Å². The van der Waals surface area contributed by atoms with E-state index in [1.54, 1.807) is 0 Å². The largest absolute Gasteiger partial charge is 0.301 e. The van der Waals surface area contributed by atoms with E-state index < -0.39 is 10.8 Å². The predicted octanol–water partition coefficient (Wildman–Crippen LogP) is 2.27. The topological polar surface area (TPSA) is 139 Å². The van der Waals surface area contributed by atoms with Crippen molar-refractivity contribution in [3.63, 3.8) is 0 Å². The second-order valence-corrected chi connectivity index (χ2v) is 6.53. The Balaban J connectivity index is 1.80. The number of anilines is 1. The lowest BCUT2D eigenvalue weighted by Crippen LogP contribution is -2.19. The van der Waals surface area contributed by atoms with E-state index in [0.29, 0.717) is 22.1 Å². The Morgan fingerprint density at radius 1 is 1.26 bits per heavy atom. The first-order valence-electron chi connectivity index (χ1n) is 8.16. The van der Waals surface area contributed by atoms with Crippen LogP contribution >= 0.6 is 11.3 Å². The first-order valence-corrected chi connectivity index (χ1v) is 8.98. The zero-order chi connectivity index (χ0) is 19.6. The summed E-state index contributed by atoms with van der Waals surface area (Å²) >= 11 is 1.13. The normalized spacial score (nSPS) is 10.7. The molecule has 0 unspecified atom stereocenters. The zero-order valence-corrected chi connectivity index (χ0v) is 15.4. The Labute approximate surface area is 158 Å². The van der Waals surface area contributed by atoms with E-state index in [0.717, 1.165) is 24.2 Å². The Morgan fingerprint density at radius 2 is 2.00 bits per heavy atom. The molecule has 0 aliphatic heterocycles. The van der Waals surface area contributed by atoms with Crippen LogP contribution in [0.25, 0.3) is 0 Å². The lowest BCUT2D eigenvalue weighted by atomic mass is 10.2. The number of nitro benzene ring substituents is 1. The fourth-order valence-electron chi connectivity index (χ4n) is 1.93. The van der Waals surface area contributed by atoms with Gasteiger partial charge in [-0.05, 0) is 24.1 Å². The van der Waals surface area contributed by atoms with Gasteiger partial charge in [-0.15, -0.1) is 10.2 Å². The Bertz CT molecular complexity index is 834. The van der Waals surface area contributed by atoms with Gasteiger partial charge in [0.1, 0.15) is 5.01 Å². The summed E-state index contributed by atoms with van der Waals surface area (Å²) in [4.78, 5) is 33.6. The predicted molar refractivity (Wildman–Crippen MR) is 101 cm³/mol. The summed E-state index contributed by atoms with van der Waals surface area (Å²) in [6.45, 7) is 2.00. The summed E-state index contributed by atoms with van der Waals surface area (Å²) in [5, 5.41) is 25.5. The van der Waals surface area contributed by atoms with Crippen LogP contribution in [0.4, 0.5) is 10.8 Å². The molecule has 0 aliphatic rings. The number of non-ortho nitro benzene ring substituents is 1. The lowest BCUT2D eigenvalue weighted by molar-refractivity contribution is -0.384. The van der Waals surface area contributed by atoms with Crippen molar-refractivity contribution in [2.75, 3.05) is 5.32 Å². The van der Waals surface area contributed by atoms with E-state index >= 15 is 0 Å². The first-order chi connectivity index (χ1) is 13.0. The number of unbranched alkanes of at least 4 members (excludes halogenated alkanes) is 1. The number of hydrogen-bond donors (Lipinski definition) is 2. The number of carbonyl (C=O) groups is 2. The van der Waals surface area contributed by atoms with Gasteiger partial charge < -0.3 is 5.32 Å². The molecule has 10 nitrogen and oxygen atoms in total. The lowest BCUT2D eigenvalue weighted by Gasteiger charge is -1.98. The van der Waals surface area contributed by atoms with Gasteiger partial charge in [0.25, 0.3) is 5.69 Å². The molecule has 2 amide bonds. The number of aromatic nitrogens is 2. The molecule has 0 aliphatic carbocycles. The number of benzene rings is 1. The average Bonchev–Trinajstić information content (AvgIpc) is 3.07. The molecule has 2 aromatic rings. The van der Waals surface area contributed by atoms with Crippen LogP contribution in [-0.2, 0) is 16.0 Å². The minimum Gasteiger partial charge on any atom is -0.301 e. The fraction of sp³-hybridized carbons (Fsp3) is 0.312. The van der Waals surface area contributed by atoms with Crippen molar-refractivity contribution >= 4 is 40.2 Å². The smallest absolute Gasteiger partial charge is 0.269 e. The highest BCUT2D eigenvalue weighted by Crippen LogP contribution is 2.16. The zero-order valence-electron chi connectivity index (χ0n) is 14.5. The monoisotopic (exact) mass is 390 g/mol. The molecule has 11 heteroatoms. The average molecular weight is 390 g/mol. The molecule has 0 radical (unpaired) electrons. The summed E-state index contributed by atoms with van der Waals surface area (Å²) in [6, 6.07) is 5.74. The van der Waals surface area contributed by atoms with Gasteiger partial charge in [-0.2, -0.15) is 5.10 Å². The molecule has 0 bridgehead atoms. The molecule has 142 valence electrons. The minimum atomic E-state index is -0.495. The fourth-order valence-corrected chi connectivity index (χ4v) is 2.69. The molecule has 0 fully saturated rings. The van der Waals surface area contributed by atoms with Gasteiger partial charge in [0, 0.05) is 18.6 Å². The summed E-state index contributed by atoms with van der Waals surface area (Å²) in [5.41, 5.74) is 2.93. The van der Waals surface area contributed by atoms with E-state index in [-0.39, 0.29) is 18.0 Å². The maximum atomic E-state index is 11.9. The summed E-state index contributed by atoms with van der Waals surface area (Å²) < 4.78 is 0. The van der Waals surface area contributed by atoms with Crippen LogP contribution in [0.3, 0.4) is 0 Å². The van der Waals surface area contributed by atoms with E-state index in [9.17, 15) is 19.7 Å². The quantitative estimate of drug-likeness (QED) is 0.382. The van der Waals surface area contributed by atoms with Crippen LogP contribution in [0.15, 0.2) is 29.4 Å². The third kappa shape index (κ3) is 6.90. The van der Waals surface area contributed by atoms with Crippen molar-refractivity contribution < 1.29 is 14.5 Å². The molecule has 0 saturated carbocycles. The summed E-state index contributed by atoms with van der Waals surface area (Å²) in [6.07, 6.45) is 3.49. The van der Waals surface area contributed by atoms with Gasteiger partial charge in [0.05, 0.1) is 17.6 Å². The summed E-state index contributed by atoms with van der Waals surface area (Å²) in [5.74, 6) is -0.523. The molecule has 0 atom stereocenters. The minimum absolute atomic E-state index is 0.0231. The van der Waals surface area contributed by atoms with Crippen molar-refractivity contribution in [3.05, 3.63) is 45.0 Å². The standard InChI is InChI=1S/C16H18N6O4S/c1-2-3-4-13(23)18-16-21-20-15(27-16)9-14(24)19-17-10-11-5-7-12(8-6-11)22(25)26/h5-8,10H,2-4,9H2,1H3,(H,19,24)(H,18,21,23)/b17-10-. The maximum absolute atomic E-state index is 11.9. The molecular formula is C16H18N6O4S. The Kier molecular flexibility index (Phi) is 7.49. The van der Waals surface area contributed by atoms with Crippen molar-refractivity contribution in [1.29, 1.82) is 0 Å². The molecule has 1 aromatic carbocycles. The van der Waals surface area contributed by atoms with Gasteiger partial charge in [-0.1, -0.05) is 24.7 Å². The number of nitrogens with zero attached hydrogens (tertiary/aromatic N) is 4. The SMILES string of the molecule is CCCCC(=O)Nc1nnc(CC(=O)N/N=C\c2ccc([N+](=O)[O-])cc2)s1. The molecule has 27 heavy (non-hydrogen) atoms. The first kappa shape index (κ1) is 20.1. The van der Waals surface area contributed by atoms with E-state index in [2.05, 4.69) is 26.0 Å². The van der Waals surface area contributed by atoms with Crippen LogP contribution in [0.5, 0.6) is 0 Å². The van der Waals surface area contributed by atoms with Crippen LogP contribution in [0, 0.1) is 10.1 Å².